The molecule has 0 saturated carbocycles. The monoisotopic (exact) mass is 593 g/mol. The number of fused-ring (bicyclic) bond motifs is 3. The third-order valence-corrected chi connectivity index (χ3v) is 8.44. The molecule has 7 aromatic carbocycles. The highest BCUT2D eigenvalue weighted by Crippen LogP contribution is 2.41. The largest absolute Gasteiger partial charge is 0.506 e. The summed E-state index contributed by atoms with van der Waals surface area (Å²) < 4.78 is 2.33. The third-order valence-electron chi connectivity index (χ3n) is 8.44. The van der Waals surface area contributed by atoms with Gasteiger partial charge in [0.2, 0.25) is 0 Å². The Labute approximate surface area is 268 Å². The van der Waals surface area contributed by atoms with Gasteiger partial charge in [0, 0.05) is 39.2 Å². The first kappa shape index (κ1) is 27.3. The molecule has 0 aliphatic carbocycles. The van der Waals surface area contributed by atoms with Crippen LogP contribution < -0.4 is 10.2 Å². The topological polar surface area (TPSA) is 40.4 Å². The van der Waals surface area contributed by atoms with Gasteiger partial charge in [-0.3, -0.25) is 0 Å². The predicted molar refractivity (Wildman–Crippen MR) is 192 cm³/mol. The Bertz CT molecular complexity index is 2290. The highest BCUT2D eigenvalue weighted by Gasteiger charge is 2.18. The molecule has 0 atom stereocenters. The van der Waals surface area contributed by atoms with E-state index in [4.69, 9.17) is 0 Å². The zero-order chi connectivity index (χ0) is 30.9. The predicted octanol–water partition coefficient (Wildman–Crippen LogP) is 11.4. The van der Waals surface area contributed by atoms with Crippen LogP contribution in [0.15, 0.2) is 176 Å². The SMILES string of the molecule is Oc1ccccc1N(c1ccccc1)c1cccc(-n2c3ccccc3c3ccc(Nc4ccc(-c5ccccc5)cc4)cc32)c1. The molecule has 0 fully saturated rings. The summed E-state index contributed by atoms with van der Waals surface area (Å²) in [5.41, 5.74) is 10.3. The van der Waals surface area contributed by atoms with Gasteiger partial charge in [-0.2, -0.15) is 0 Å². The first-order valence-electron chi connectivity index (χ1n) is 15.4. The summed E-state index contributed by atoms with van der Waals surface area (Å²) in [7, 11) is 0. The molecule has 0 spiro atoms. The van der Waals surface area contributed by atoms with Crippen LogP contribution in [-0.2, 0) is 0 Å². The van der Waals surface area contributed by atoms with Gasteiger partial charge in [-0.15, -0.1) is 0 Å². The van der Waals surface area contributed by atoms with Crippen molar-refractivity contribution in [2.24, 2.45) is 0 Å². The van der Waals surface area contributed by atoms with Gasteiger partial charge < -0.3 is 19.9 Å². The fourth-order valence-electron chi connectivity index (χ4n) is 6.30. The molecule has 0 saturated heterocycles. The van der Waals surface area contributed by atoms with E-state index in [9.17, 15) is 5.11 Å². The van der Waals surface area contributed by atoms with E-state index in [-0.39, 0.29) is 5.75 Å². The molecule has 4 nitrogen and oxygen atoms in total. The molecular formula is C42H31N3O. The van der Waals surface area contributed by atoms with Gasteiger partial charge in [0.25, 0.3) is 0 Å². The minimum absolute atomic E-state index is 0.223. The van der Waals surface area contributed by atoms with Crippen molar-refractivity contribution in [1.82, 2.24) is 4.57 Å². The van der Waals surface area contributed by atoms with Crippen molar-refractivity contribution in [3.05, 3.63) is 176 Å². The number of hydrogen-bond acceptors (Lipinski definition) is 3. The molecule has 2 N–H and O–H groups in total. The van der Waals surface area contributed by atoms with Crippen molar-refractivity contribution in [2.45, 2.75) is 0 Å². The van der Waals surface area contributed by atoms with Gasteiger partial charge in [0.1, 0.15) is 5.75 Å². The van der Waals surface area contributed by atoms with E-state index in [1.807, 2.05) is 42.5 Å². The number of benzene rings is 7. The molecule has 46 heavy (non-hydrogen) atoms. The zero-order valence-corrected chi connectivity index (χ0v) is 25.1. The fraction of sp³-hybridized carbons (Fsp3) is 0. The van der Waals surface area contributed by atoms with E-state index in [2.05, 4.69) is 142 Å². The molecule has 8 rings (SSSR count). The molecule has 1 aromatic heterocycles. The standard InChI is InChI=1S/C42H31N3O/c46-42-21-10-9-20-40(42)44(34-14-5-2-6-15-34)35-16-11-17-36(29-35)45-39-19-8-7-18-37(39)38-27-26-33(28-41(38)45)43-32-24-22-31(23-25-32)30-12-3-1-4-13-30/h1-29,43,46H. The number of anilines is 5. The summed E-state index contributed by atoms with van der Waals surface area (Å²) in [6.45, 7) is 0. The molecule has 0 bridgehead atoms. The van der Waals surface area contributed by atoms with Crippen LogP contribution in [0.25, 0.3) is 38.6 Å². The van der Waals surface area contributed by atoms with Crippen molar-refractivity contribution in [3.63, 3.8) is 0 Å². The third kappa shape index (κ3) is 5.02. The summed E-state index contributed by atoms with van der Waals surface area (Å²) in [4.78, 5) is 2.10. The van der Waals surface area contributed by atoms with E-state index in [1.165, 1.54) is 21.9 Å². The highest BCUT2D eigenvalue weighted by molar-refractivity contribution is 6.10. The molecule has 0 radical (unpaired) electrons. The molecule has 0 unspecified atom stereocenters. The average Bonchev–Trinajstić information content (AvgIpc) is 3.44. The Morgan fingerprint density at radius 3 is 1.89 bits per heavy atom. The summed E-state index contributed by atoms with van der Waals surface area (Å²) in [6.07, 6.45) is 0. The number of aromatic nitrogens is 1. The van der Waals surface area contributed by atoms with E-state index in [0.717, 1.165) is 45.2 Å². The fourth-order valence-corrected chi connectivity index (χ4v) is 6.30. The molecule has 0 amide bonds. The number of phenols is 1. The summed E-state index contributed by atoms with van der Waals surface area (Å²) in [5.74, 6) is 0.223. The van der Waals surface area contributed by atoms with Crippen LogP contribution in [0.1, 0.15) is 0 Å². The number of phenolic OH excluding ortho intramolecular Hbond substituents is 1. The van der Waals surface area contributed by atoms with Crippen LogP contribution in [0.5, 0.6) is 5.75 Å². The van der Waals surface area contributed by atoms with Crippen LogP contribution in [0.4, 0.5) is 28.4 Å². The normalized spacial score (nSPS) is 11.1. The number of rotatable bonds is 7. The van der Waals surface area contributed by atoms with Crippen LogP contribution >= 0.6 is 0 Å². The molecule has 8 aromatic rings. The maximum atomic E-state index is 10.9. The maximum absolute atomic E-state index is 10.9. The quantitative estimate of drug-likeness (QED) is 0.193. The maximum Gasteiger partial charge on any atom is 0.139 e. The lowest BCUT2D eigenvalue weighted by Crippen LogP contribution is -2.10. The lowest BCUT2D eigenvalue weighted by Gasteiger charge is -2.26. The number of aromatic hydroxyl groups is 1. The van der Waals surface area contributed by atoms with E-state index in [0.29, 0.717) is 0 Å². The number of nitrogens with zero attached hydrogens (tertiary/aromatic N) is 2. The molecule has 220 valence electrons. The van der Waals surface area contributed by atoms with Gasteiger partial charge >= 0.3 is 0 Å². The molecule has 0 aliphatic heterocycles. The smallest absolute Gasteiger partial charge is 0.139 e. The van der Waals surface area contributed by atoms with Crippen molar-refractivity contribution < 1.29 is 5.11 Å². The number of nitrogens with one attached hydrogen (secondary N) is 1. The Kier molecular flexibility index (Phi) is 6.93. The Morgan fingerprint density at radius 1 is 0.457 bits per heavy atom. The van der Waals surface area contributed by atoms with Gasteiger partial charge in [0.05, 0.1) is 16.7 Å². The van der Waals surface area contributed by atoms with Crippen LogP contribution in [0, 0.1) is 0 Å². The van der Waals surface area contributed by atoms with Crippen molar-refractivity contribution in [3.8, 4) is 22.6 Å². The molecule has 0 aliphatic rings. The van der Waals surface area contributed by atoms with Gasteiger partial charge in [-0.25, -0.2) is 0 Å². The zero-order valence-electron chi connectivity index (χ0n) is 25.1. The van der Waals surface area contributed by atoms with E-state index in [1.54, 1.807) is 6.07 Å². The van der Waals surface area contributed by atoms with E-state index < -0.39 is 0 Å². The Balaban J connectivity index is 1.23. The summed E-state index contributed by atoms with van der Waals surface area (Å²) in [6, 6.07) is 60.3. The van der Waals surface area contributed by atoms with Crippen LogP contribution in [-0.4, -0.2) is 9.67 Å². The minimum atomic E-state index is 0.223. The van der Waals surface area contributed by atoms with Crippen LogP contribution in [0.2, 0.25) is 0 Å². The van der Waals surface area contributed by atoms with Crippen molar-refractivity contribution in [2.75, 3.05) is 10.2 Å². The van der Waals surface area contributed by atoms with E-state index >= 15 is 0 Å². The molecular weight excluding hydrogens is 562 g/mol. The first-order valence-corrected chi connectivity index (χ1v) is 15.4. The minimum Gasteiger partial charge on any atom is -0.506 e. The molecule has 4 heteroatoms. The number of hydrogen-bond donors (Lipinski definition) is 2. The second-order valence-electron chi connectivity index (χ2n) is 11.3. The van der Waals surface area contributed by atoms with Gasteiger partial charge in [-0.05, 0) is 83.9 Å². The highest BCUT2D eigenvalue weighted by atomic mass is 16.3. The summed E-state index contributed by atoms with van der Waals surface area (Å²) >= 11 is 0. The van der Waals surface area contributed by atoms with Crippen LogP contribution in [0.3, 0.4) is 0 Å². The first-order chi connectivity index (χ1) is 22.7. The van der Waals surface area contributed by atoms with Crippen molar-refractivity contribution >= 4 is 50.2 Å². The second-order valence-corrected chi connectivity index (χ2v) is 11.3. The lowest BCUT2D eigenvalue weighted by atomic mass is 10.1. The van der Waals surface area contributed by atoms with Crippen molar-refractivity contribution in [1.29, 1.82) is 0 Å². The van der Waals surface area contributed by atoms with Gasteiger partial charge in [0.15, 0.2) is 0 Å². The molecule has 1 heterocycles. The Hall–Kier alpha value is -6.26. The lowest BCUT2D eigenvalue weighted by molar-refractivity contribution is 0.476. The Morgan fingerprint density at radius 2 is 1.09 bits per heavy atom. The second kappa shape index (κ2) is 11.7. The van der Waals surface area contributed by atoms with Gasteiger partial charge in [-0.1, -0.05) is 103 Å². The average molecular weight is 594 g/mol. The summed E-state index contributed by atoms with van der Waals surface area (Å²) in [5, 5.41) is 16.9. The number of para-hydroxylation sites is 4.